The molecule has 2 heteroatoms. The van der Waals surface area contributed by atoms with Gasteiger partial charge in [0.2, 0.25) is 0 Å². The Balaban J connectivity index is 1.27. The molecule has 2 heterocycles. The molecule has 1 aliphatic rings. The van der Waals surface area contributed by atoms with Crippen LogP contribution >= 0.6 is 0 Å². The predicted octanol–water partition coefficient (Wildman–Crippen LogP) is 4.94. The normalized spacial score (nSPS) is 16.7. The molecule has 0 N–H and O–H groups in total. The first-order chi connectivity index (χ1) is 11.9. The molecule has 1 aliphatic heterocycles. The monoisotopic (exact) mass is 318 g/mol. The minimum atomic E-state index is 0.873. The quantitative estimate of drug-likeness (QED) is 0.646. The third-order valence-electron chi connectivity index (χ3n) is 5.41. The Morgan fingerprint density at radius 3 is 2.42 bits per heavy atom. The van der Waals surface area contributed by atoms with Crippen LogP contribution in [0.3, 0.4) is 0 Å². The second-order valence-electron chi connectivity index (χ2n) is 7.06. The van der Waals surface area contributed by atoms with E-state index >= 15 is 0 Å². The van der Waals surface area contributed by atoms with E-state index in [1.807, 2.05) is 0 Å². The zero-order chi connectivity index (χ0) is 16.2. The lowest BCUT2D eigenvalue weighted by molar-refractivity contribution is 0.169. The van der Waals surface area contributed by atoms with Gasteiger partial charge in [0.05, 0.1) is 0 Å². The SMILES string of the molecule is c1ccc(CN2CCC(CCn3ccc4ccccc43)CC2)cc1. The van der Waals surface area contributed by atoms with Crippen molar-refractivity contribution in [2.75, 3.05) is 13.1 Å². The Morgan fingerprint density at radius 2 is 1.58 bits per heavy atom. The molecule has 0 atom stereocenters. The lowest BCUT2D eigenvalue weighted by Crippen LogP contribution is -2.33. The molecule has 0 spiro atoms. The summed E-state index contributed by atoms with van der Waals surface area (Å²) in [6.45, 7) is 4.74. The Morgan fingerprint density at radius 1 is 0.833 bits per heavy atom. The van der Waals surface area contributed by atoms with E-state index in [9.17, 15) is 0 Å². The highest BCUT2D eigenvalue weighted by molar-refractivity contribution is 5.79. The van der Waals surface area contributed by atoms with Crippen molar-refractivity contribution in [3.8, 4) is 0 Å². The lowest BCUT2D eigenvalue weighted by Gasteiger charge is -2.32. The number of para-hydroxylation sites is 1. The Hall–Kier alpha value is -2.06. The van der Waals surface area contributed by atoms with E-state index in [-0.39, 0.29) is 0 Å². The minimum absolute atomic E-state index is 0.873. The zero-order valence-electron chi connectivity index (χ0n) is 14.3. The molecule has 4 rings (SSSR count). The first-order valence-corrected chi connectivity index (χ1v) is 9.19. The highest BCUT2D eigenvalue weighted by Gasteiger charge is 2.19. The Labute approximate surface area is 144 Å². The van der Waals surface area contributed by atoms with Crippen molar-refractivity contribution >= 4 is 10.9 Å². The second kappa shape index (κ2) is 7.23. The van der Waals surface area contributed by atoms with Crippen LogP contribution in [0.4, 0.5) is 0 Å². The summed E-state index contributed by atoms with van der Waals surface area (Å²) in [5.74, 6) is 0.873. The summed E-state index contributed by atoms with van der Waals surface area (Å²) in [5.41, 5.74) is 2.81. The fourth-order valence-corrected chi connectivity index (χ4v) is 3.93. The highest BCUT2D eigenvalue weighted by atomic mass is 15.1. The molecule has 0 bridgehead atoms. The van der Waals surface area contributed by atoms with Crippen LogP contribution < -0.4 is 0 Å². The van der Waals surface area contributed by atoms with Crippen LogP contribution in [0.2, 0.25) is 0 Å². The summed E-state index contributed by atoms with van der Waals surface area (Å²) >= 11 is 0. The number of hydrogen-bond donors (Lipinski definition) is 0. The number of hydrogen-bond acceptors (Lipinski definition) is 1. The van der Waals surface area contributed by atoms with E-state index in [1.54, 1.807) is 0 Å². The molecule has 0 amide bonds. The number of likely N-dealkylation sites (tertiary alicyclic amines) is 1. The van der Waals surface area contributed by atoms with Gasteiger partial charge in [0, 0.05) is 24.8 Å². The number of aryl methyl sites for hydroxylation is 1. The molecule has 1 aromatic heterocycles. The van der Waals surface area contributed by atoms with Crippen molar-refractivity contribution in [1.29, 1.82) is 0 Å². The topological polar surface area (TPSA) is 8.17 Å². The fraction of sp³-hybridized carbons (Fsp3) is 0.364. The van der Waals surface area contributed by atoms with Gasteiger partial charge in [-0.25, -0.2) is 0 Å². The van der Waals surface area contributed by atoms with E-state index in [4.69, 9.17) is 0 Å². The molecule has 124 valence electrons. The van der Waals surface area contributed by atoms with E-state index in [2.05, 4.69) is 76.3 Å². The van der Waals surface area contributed by atoms with Crippen molar-refractivity contribution in [3.05, 3.63) is 72.4 Å². The summed E-state index contributed by atoms with van der Waals surface area (Å²) < 4.78 is 2.42. The number of rotatable bonds is 5. The van der Waals surface area contributed by atoms with Gasteiger partial charge in [-0.1, -0.05) is 48.5 Å². The first kappa shape index (κ1) is 15.5. The van der Waals surface area contributed by atoms with Crippen molar-refractivity contribution in [2.24, 2.45) is 5.92 Å². The molecule has 24 heavy (non-hydrogen) atoms. The van der Waals surface area contributed by atoms with Crippen molar-refractivity contribution in [2.45, 2.75) is 32.4 Å². The maximum atomic E-state index is 2.61. The van der Waals surface area contributed by atoms with E-state index in [1.165, 1.54) is 48.8 Å². The van der Waals surface area contributed by atoms with Crippen molar-refractivity contribution < 1.29 is 0 Å². The van der Waals surface area contributed by atoms with Crippen LogP contribution in [0.5, 0.6) is 0 Å². The summed E-state index contributed by atoms with van der Waals surface area (Å²) in [7, 11) is 0. The Kier molecular flexibility index (Phi) is 4.66. The van der Waals surface area contributed by atoms with E-state index in [0.29, 0.717) is 0 Å². The Bertz CT molecular complexity index is 767. The maximum Gasteiger partial charge on any atom is 0.0480 e. The smallest absolute Gasteiger partial charge is 0.0480 e. The van der Waals surface area contributed by atoms with Gasteiger partial charge < -0.3 is 4.57 Å². The standard InChI is InChI=1S/C22H26N2/c1-2-6-20(7-3-1)18-23-14-10-19(11-15-23)12-16-24-17-13-21-8-4-5-9-22(21)24/h1-9,13,17,19H,10-12,14-16,18H2. The molecule has 1 fully saturated rings. The molecular weight excluding hydrogens is 292 g/mol. The van der Waals surface area contributed by atoms with Gasteiger partial charge in [0.25, 0.3) is 0 Å². The molecular formula is C22H26N2. The average molecular weight is 318 g/mol. The minimum Gasteiger partial charge on any atom is -0.347 e. The van der Waals surface area contributed by atoms with E-state index < -0.39 is 0 Å². The number of fused-ring (bicyclic) bond motifs is 1. The van der Waals surface area contributed by atoms with Gasteiger partial charge in [0.15, 0.2) is 0 Å². The second-order valence-corrected chi connectivity index (χ2v) is 7.06. The third kappa shape index (κ3) is 3.54. The van der Waals surface area contributed by atoms with Crippen LogP contribution in [-0.2, 0) is 13.1 Å². The average Bonchev–Trinajstić information content (AvgIpc) is 3.05. The van der Waals surface area contributed by atoms with E-state index in [0.717, 1.165) is 19.0 Å². The molecule has 3 aromatic rings. The summed E-state index contributed by atoms with van der Waals surface area (Å²) in [5, 5.41) is 1.36. The summed E-state index contributed by atoms with van der Waals surface area (Å²) in [6, 6.07) is 21.8. The molecule has 2 nitrogen and oxygen atoms in total. The molecule has 2 aromatic carbocycles. The maximum absolute atomic E-state index is 2.61. The van der Waals surface area contributed by atoms with Gasteiger partial charge in [0.1, 0.15) is 0 Å². The third-order valence-corrected chi connectivity index (χ3v) is 5.41. The molecule has 0 unspecified atom stereocenters. The largest absolute Gasteiger partial charge is 0.347 e. The van der Waals surface area contributed by atoms with Crippen LogP contribution in [0, 0.1) is 5.92 Å². The summed E-state index contributed by atoms with van der Waals surface area (Å²) in [6.07, 6.45) is 6.23. The van der Waals surface area contributed by atoms with Gasteiger partial charge >= 0.3 is 0 Å². The van der Waals surface area contributed by atoms with Crippen molar-refractivity contribution in [3.63, 3.8) is 0 Å². The van der Waals surface area contributed by atoms with Crippen LogP contribution in [0.25, 0.3) is 10.9 Å². The van der Waals surface area contributed by atoms with Gasteiger partial charge in [-0.05, 0) is 61.4 Å². The highest BCUT2D eigenvalue weighted by Crippen LogP contribution is 2.24. The van der Waals surface area contributed by atoms with Crippen LogP contribution in [0.1, 0.15) is 24.8 Å². The molecule has 1 saturated heterocycles. The number of nitrogens with zero attached hydrogens (tertiary/aromatic N) is 2. The number of aromatic nitrogens is 1. The lowest BCUT2D eigenvalue weighted by atomic mass is 9.93. The molecule has 0 radical (unpaired) electrons. The van der Waals surface area contributed by atoms with Gasteiger partial charge in [-0.3, -0.25) is 4.90 Å². The molecule has 0 aliphatic carbocycles. The number of piperidine rings is 1. The number of benzene rings is 2. The van der Waals surface area contributed by atoms with Gasteiger partial charge in [-0.15, -0.1) is 0 Å². The fourth-order valence-electron chi connectivity index (χ4n) is 3.93. The van der Waals surface area contributed by atoms with Gasteiger partial charge in [-0.2, -0.15) is 0 Å². The van der Waals surface area contributed by atoms with Crippen LogP contribution in [0.15, 0.2) is 66.9 Å². The van der Waals surface area contributed by atoms with Crippen molar-refractivity contribution in [1.82, 2.24) is 9.47 Å². The predicted molar refractivity (Wildman–Crippen MR) is 101 cm³/mol. The van der Waals surface area contributed by atoms with Crippen LogP contribution in [-0.4, -0.2) is 22.6 Å². The first-order valence-electron chi connectivity index (χ1n) is 9.19. The summed E-state index contributed by atoms with van der Waals surface area (Å²) in [4.78, 5) is 2.61. The molecule has 0 saturated carbocycles. The zero-order valence-corrected chi connectivity index (χ0v) is 14.3.